The number of hydrogen-bond acceptors (Lipinski definition) is 1. The molecule has 3 rings (SSSR count). The normalized spacial score (nSPS) is 15.1. The summed E-state index contributed by atoms with van der Waals surface area (Å²) in [5.41, 5.74) is 0. The Morgan fingerprint density at radius 2 is 0.833 bits per heavy atom. The summed E-state index contributed by atoms with van der Waals surface area (Å²) in [6.45, 7) is 14.4. The molecular weight excluding hydrogens is 630 g/mol. The van der Waals surface area contributed by atoms with Crippen LogP contribution in [0, 0.1) is 0 Å². The van der Waals surface area contributed by atoms with Crippen molar-refractivity contribution in [3.63, 3.8) is 0 Å². The molecule has 4 heteroatoms. The largest absolute Gasteiger partial charge is 0.285 e. The second-order valence-corrected chi connectivity index (χ2v) is 27.0. The molecule has 0 atom stereocenters. The third-order valence-electron chi connectivity index (χ3n) is 11.9. The van der Waals surface area contributed by atoms with Gasteiger partial charge in [-0.3, -0.25) is 5.09 Å². The fraction of sp³-hybridized carbons (Fsp3) is 0.727. The van der Waals surface area contributed by atoms with Gasteiger partial charge in [-0.1, -0.05) is 246 Å². The Bertz CT molecular complexity index is 992. The first kappa shape index (κ1) is 41.7. The highest BCUT2D eigenvalue weighted by molar-refractivity contribution is 7.71. The van der Waals surface area contributed by atoms with E-state index in [1.807, 2.05) is 0 Å². The van der Waals surface area contributed by atoms with Crippen molar-refractivity contribution in [3.05, 3.63) is 48.5 Å². The zero-order valence-electron chi connectivity index (χ0n) is 32.8. The topological polar surface area (TPSA) is 12.0 Å². The smallest absolute Gasteiger partial charge is 0.0867 e. The summed E-state index contributed by atoms with van der Waals surface area (Å²) in [6, 6.07) is 30.3. The van der Waals surface area contributed by atoms with Gasteiger partial charge in [0.1, 0.15) is 0 Å². The Balaban J connectivity index is 2.16. The van der Waals surface area contributed by atoms with E-state index >= 15 is 0 Å². The molecule has 0 bridgehead atoms. The molecule has 1 fully saturated rings. The molecule has 0 amide bonds. The van der Waals surface area contributed by atoms with E-state index in [0.29, 0.717) is 6.04 Å². The molecule has 0 saturated heterocycles. The molecule has 2 aromatic rings. The molecule has 1 nitrogen and oxygen atoms in total. The highest BCUT2D eigenvalue weighted by Crippen LogP contribution is 2.35. The van der Waals surface area contributed by atoms with Gasteiger partial charge in [-0.05, 0) is 23.5 Å². The van der Waals surface area contributed by atoms with Crippen molar-refractivity contribution in [3.8, 4) is 0 Å². The van der Waals surface area contributed by atoms with E-state index in [4.69, 9.17) is 0 Å². The Labute approximate surface area is 303 Å². The first-order valence-electron chi connectivity index (χ1n) is 21.3. The van der Waals surface area contributed by atoms with E-state index in [9.17, 15) is 0 Å². The SMILES string of the molecule is CCCC[Si](CCCC)(CCCC)c1cccc(P(NC2CCCCCCC2)c2cccc([Si](CCCC)(CCCC)CCCC)c2)c1. The minimum atomic E-state index is -1.58. The van der Waals surface area contributed by atoms with Crippen LogP contribution in [0.3, 0.4) is 0 Å². The Morgan fingerprint density at radius 3 is 1.17 bits per heavy atom. The summed E-state index contributed by atoms with van der Waals surface area (Å²) in [5.74, 6) is 0. The van der Waals surface area contributed by atoms with Gasteiger partial charge < -0.3 is 0 Å². The lowest BCUT2D eigenvalue weighted by molar-refractivity contribution is 0.436. The number of hydrogen-bond donors (Lipinski definition) is 1. The molecule has 2 aromatic carbocycles. The monoisotopic (exact) mass is 708 g/mol. The van der Waals surface area contributed by atoms with Crippen LogP contribution in [0.4, 0.5) is 0 Å². The molecule has 0 heterocycles. The molecule has 1 aliphatic carbocycles. The van der Waals surface area contributed by atoms with Crippen molar-refractivity contribution in [2.24, 2.45) is 0 Å². The Kier molecular flexibility index (Phi) is 20.6. The van der Waals surface area contributed by atoms with E-state index in [1.165, 1.54) is 158 Å². The molecule has 0 aromatic heterocycles. The average molecular weight is 708 g/mol. The molecule has 1 aliphatic rings. The van der Waals surface area contributed by atoms with Crippen molar-refractivity contribution < 1.29 is 0 Å². The van der Waals surface area contributed by atoms with Crippen LogP contribution in [0.1, 0.15) is 164 Å². The summed E-state index contributed by atoms with van der Waals surface area (Å²) in [7, 11) is -3.76. The second-order valence-electron chi connectivity index (χ2n) is 15.8. The van der Waals surface area contributed by atoms with Crippen LogP contribution < -0.4 is 26.1 Å². The maximum absolute atomic E-state index is 4.47. The van der Waals surface area contributed by atoms with Gasteiger partial charge in [-0.15, -0.1) is 0 Å². The van der Waals surface area contributed by atoms with Crippen molar-refractivity contribution in [2.45, 2.75) is 206 Å². The van der Waals surface area contributed by atoms with Crippen molar-refractivity contribution in [1.29, 1.82) is 0 Å². The quantitative estimate of drug-likeness (QED) is 0.0846. The van der Waals surface area contributed by atoms with E-state index < -0.39 is 24.2 Å². The molecule has 48 heavy (non-hydrogen) atoms. The first-order valence-corrected chi connectivity index (χ1v) is 27.9. The summed E-state index contributed by atoms with van der Waals surface area (Å²) < 4.78 is 0. The van der Waals surface area contributed by atoms with Crippen molar-refractivity contribution in [1.82, 2.24) is 5.09 Å². The van der Waals surface area contributed by atoms with Gasteiger partial charge in [0, 0.05) is 14.1 Å². The standard InChI is InChI=1S/C44H78NPSi2/c1-7-13-32-47(33-14-8-2,34-15-9-3)43-30-24-28-41(38-43)46(45-40-26-22-20-19-21-23-27-40)42-29-25-31-44(39-42)48(35-16-10-4,36-17-11-5)37-18-12-6/h24-25,28-31,38-40,45H,7-23,26-27,32-37H2,1-6H3. The highest BCUT2D eigenvalue weighted by atomic mass is 31.1. The van der Waals surface area contributed by atoms with Crippen LogP contribution >= 0.6 is 8.07 Å². The minimum absolute atomic E-state index is 0.604. The van der Waals surface area contributed by atoms with Crippen molar-refractivity contribution in [2.75, 3.05) is 0 Å². The maximum atomic E-state index is 4.47. The van der Waals surface area contributed by atoms with Gasteiger partial charge in [0.05, 0.1) is 16.1 Å². The second kappa shape index (κ2) is 23.7. The van der Waals surface area contributed by atoms with Crippen LogP contribution in [0.5, 0.6) is 0 Å². The maximum Gasteiger partial charge on any atom is 0.0867 e. The molecule has 0 unspecified atom stereocenters. The Morgan fingerprint density at radius 1 is 0.500 bits per heavy atom. The summed E-state index contributed by atoms with van der Waals surface area (Å²) in [6.07, 6.45) is 26.2. The third-order valence-corrected chi connectivity index (χ3v) is 25.1. The molecule has 272 valence electrons. The lowest BCUT2D eigenvalue weighted by atomic mass is 9.97. The molecule has 1 saturated carbocycles. The first-order chi connectivity index (χ1) is 23.5. The summed E-state index contributed by atoms with van der Waals surface area (Å²) in [4.78, 5) is 0. The van der Waals surface area contributed by atoms with Crippen LogP contribution in [-0.4, -0.2) is 22.2 Å². The number of nitrogens with one attached hydrogen (secondary N) is 1. The van der Waals surface area contributed by atoms with Crippen LogP contribution in [-0.2, 0) is 0 Å². The number of rotatable bonds is 24. The van der Waals surface area contributed by atoms with Gasteiger partial charge in [0.25, 0.3) is 0 Å². The van der Waals surface area contributed by atoms with E-state index in [1.54, 1.807) is 21.0 Å². The highest BCUT2D eigenvalue weighted by Gasteiger charge is 2.36. The minimum Gasteiger partial charge on any atom is -0.285 e. The lowest BCUT2D eigenvalue weighted by Crippen LogP contribution is -2.49. The third kappa shape index (κ3) is 12.8. The van der Waals surface area contributed by atoms with Gasteiger partial charge in [-0.2, -0.15) is 0 Å². The van der Waals surface area contributed by atoms with E-state index in [0.717, 1.165) is 0 Å². The van der Waals surface area contributed by atoms with E-state index in [-0.39, 0.29) is 0 Å². The molecule has 0 aliphatic heterocycles. The van der Waals surface area contributed by atoms with Crippen LogP contribution in [0.25, 0.3) is 0 Å². The van der Waals surface area contributed by atoms with Crippen molar-refractivity contribution >= 4 is 45.2 Å². The molecule has 0 spiro atoms. The predicted octanol–water partition coefficient (Wildman–Crippen LogP) is 12.8. The zero-order valence-corrected chi connectivity index (χ0v) is 35.7. The fourth-order valence-corrected chi connectivity index (χ4v) is 22.4. The van der Waals surface area contributed by atoms with Crippen LogP contribution in [0.2, 0.25) is 36.3 Å². The number of unbranched alkanes of at least 4 members (excludes halogenated alkanes) is 6. The molecule has 1 N–H and O–H groups in total. The zero-order chi connectivity index (χ0) is 34.5. The lowest BCUT2D eigenvalue weighted by Gasteiger charge is -2.35. The average Bonchev–Trinajstić information content (AvgIpc) is 3.11. The Hall–Kier alpha value is -0.736. The van der Waals surface area contributed by atoms with Gasteiger partial charge >= 0.3 is 0 Å². The summed E-state index contributed by atoms with van der Waals surface area (Å²) >= 11 is 0. The van der Waals surface area contributed by atoms with Gasteiger partial charge in [0.2, 0.25) is 0 Å². The van der Waals surface area contributed by atoms with E-state index in [2.05, 4.69) is 95.2 Å². The molecule has 0 radical (unpaired) electrons. The predicted molar refractivity (Wildman–Crippen MR) is 227 cm³/mol. The summed E-state index contributed by atoms with van der Waals surface area (Å²) in [5, 5.41) is 11.3. The number of benzene rings is 2. The van der Waals surface area contributed by atoms with Gasteiger partial charge in [-0.25, -0.2) is 0 Å². The van der Waals surface area contributed by atoms with Gasteiger partial charge in [0.15, 0.2) is 0 Å². The fourth-order valence-electron chi connectivity index (χ4n) is 8.72. The van der Waals surface area contributed by atoms with Crippen LogP contribution in [0.15, 0.2) is 48.5 Å². The molecular formula is C44H78NPSi2.